The Kier molecular flexibility index (Phi) is 5.35. The van der Waals surface area contributed by atoms with Crippen LogP contribution in [0.15, 0.2) is 30.5 Å². The molecule has 1 atom stereocenters. The van der Waals surface area contributed by atoms with Crippen LogP contribution in [0.2, 0.25) is 0 Å². The molecule has 1 fully saturated rings. The topological polar surface area (TPSA) is 88.3 Å². The van der Waals surface area contributed by atoms with E-state index in [9.17, 15) is 9.59 Å². The lowest BCUT2D eigenvalue weighted by molar-refractivity contribution is -0.136. The normalized spacial score (nSPS) is 16.5. The van der Waals surface area contributed by atoms with Crippen LogP contribution < -0.4 is 0 Å². The summed E-state index contributed by atoms with van der Waals surface area (Å²) in [5.74, 6) is -0.957. The minimum absolute atomic E-state index is 0.0461. The van der Waals surface area contributed by atoms with Crippen molar-refractivity contribution in [3.8, 4) is 0 Å². The number of benzene rings is 1. The number of carboxylic acid groups (broad SMARTS) is 1. The molecule has 26 heavy (non-hydrogen) atoms. The van der Waals surface area contributed by atoms with Crippen LogP contribution in [-0.4, -0.2) is 50.0 Å². The maximum absolute atomic E-state index is 12.7. The summed E-state index contributed by atoms with van der Waals surface area (Å²) in [6, 6.07) is 8.39. The second kappa shape index (κ2) is 7.68. The molecule has 0 spiro atoms. The Labute approximate surface area is 152 Å². The third-order valence-corrected chi connectivity index (χ3v) is 4.96. The van der Waals surface area contributed by atoms with Gasteiger partial charge in [-0.1, -0.05) is 42.0 Å². The smallest absolute Gasteiger partial charge is 0.358 e. The highest BCUT2D eigenvalue weighted by Gasteiger charge is 2.27. The number of nitrogens with zero attached hydrogens (tertiary/aromatic N) is 4. The number of aryl methyl sites for hydroxylation is 1. The first-order valence-electron chi connectivity index (χ1n) is 8.93. The molecular weight excluding hydrogens is 332 g/mol. The molecule has 2 aromatic rings. The summed E-state index contributed by atoms with van der Waals surface area (Å²) in [5.41, 5.74) is 2.35. The van der Waals surface area contributed by atoms with Crippen LogP contribution >= 0.6 is 0 Å². The fourth-order valence-corrected chi connectivity index (χ4v) is 3.38. The summed E-state index contributed by atoms with van der Waals surface area (Å²) in [7, 11) is 0. The Hall–Kier alpha value is -2.70. The Morgan fingerprint density at radius 3 is 2.46 bits per heavy atom. The van der Waals surface area contributed by atoms with Gasteiger partial charge in [0.25, 0.3) is 0 Å². The van der Waals surface area contributed by atoms with Crippen molar-refractivity contribution in [2.24, 2.45) is 5.92 Å². The Bertz CT molecular complexity index is 776. The quantitative estimate of drug-likeness (QED) is 0.888. The molecule has 7 nitrogen and oxygen atoms in total. The number of carbonyl (C=O) groups is 2. The van der Waals surface area contributed by atoms with E-state index in [4.69, 9.17) is 5.11 Å². The number of aromatic carboxylic acids is 1. The zero-order valence-electron chi connectivity index (χ0n) is 15.1. The number of rotatable bonds is 5. The van der Waals surface area contributed by atoms with Crippen molar-refractivity contribution in [2.75, 3.05) is 13.1 Å². The van der Waals surface area contributed by atoms with E-state index in [0.717, 1.165) is 19.3 Å². The van der Waals surface area contributed by atoms with E-state index in [2.05, 4.69) is 41.5 Å². The number of carbonyl (C=O) groups excluding carboxylic acids is 1. The molecule has 7 heteroatoms. The van der Waals surface area contributed by atoms with Crippen LogP contribution in [0.4, 0.5) is 0 Å². The summed E-state index contributed by atoms with van der Waals surface area (Å²) in [6.45, 7) is 5.34. The molecule has 1 aromatic carbocycles. The molecule has 1 N–H and O–H groups in total. The average molecular weight is 356 g/mol. The summed E-state index contributed by atoms with van der Waals surface area (Å²) in [6.07, 6.45) is 3.71. The van der Waals surface area contributed by atoms with E-state index in [1.54, 1.807) is 4.68 Å². The monoisotopic (exact) mass is 356 g/mol. The van der Waals surface area contributed by atoms with Crippen LogP contribution in [0, 0.1) is 12.8 Å². The van der Waals surface area contributed by atoms with E-state index in [1.807, 2.05) is 11.8 Å². The van der Waals surface area contributed by atoms with E-state index in [1.165, 1.54) is 17.3 Å². The molecule has 1 amide bonds. The molecule has 1 aromatic heterocycles. The summed E-state index contributed by atoms with van der Waals surface area (Å²) in [4.78, 5) is 25.5. The van der Waals surface area contributed by atoms with Crippen molar-refractivity contribution in [3.05, 3.63) is 47.3 Å². The standard InChI is InChI=1S/C19H24N4O3/c1-13-3-5-15(6-4-13)11-14(2)18(24)22-9-7-16(8-10-22)23-12-17(19(25)26)20-21-23/h3-6,12,14,16H,7-11H2,1-2H3,(H,25,26). The number of hydrogen-bond acceptors (Lipinski definition) is 4. The summed E-state index contributed by atoms with van der Waals surface area (Å²) < 4.78 is 1.61. The van der Waals surface area contributed by atoms with Gasteiger partial charge in [-0.25, -0.2) is 9.48 Å². The molecule has 1 aliphatic rings. The lowest BCUT2D eigenvalue weighted by Crippen LogP contribution is -2.42. The Morgan fingerprint density at radius 1 is 1.23 bits per heavy atom. The SMILES string of the molecule is Cc1ccc(CC(C)C(=O)N2CCC(n3cc(C(=O)O)nn3)CC2)cc1. The maximum atomic E-state index is 12.7. The molecule has 2 heterocycles. The molecule has 138 valence electrons. The lowest BCUT2D eigenvalue weighted by Gasteiger charge is -2.33. The highest BCUT2D eigenvalue weighted by molar-refractivity contribution is 5.84. The van der Waals surface area contributed by atoms with Crippen molar-refractivity contribution >= 4 is 11.9 Å². The van der Waals surface area contributed by atoms with Crippen molar-refractivity contribution < 1.29 is 14.7 Å². The van der Waals surface area contributed by atoms with Crippen molar-refractivity contribution in [1.29, 1.82) is 0 Å². The first kappa shape index (κ1) is 18.1. The predicted octanol–water partition coefficient (Wildman–Crippen LogP) is 2.33. The zero-order chi connectivity index (χ0) is 18.7. The maximum Gasteiger partial charge on any atom is 0.358 e. The van der Waals surface area contributed by atoms with Crippen molar-refractivity contribution in [1.82, 2.24) is 19.9 Å². The van der Waals surface area contributed by atoms with Crippen molar-refractivity contribution in [2.45, 2.75) is 39.2 Å². The minimum atomic E-state index is -1.08. The largest absolute Gasteiger partial charge is 0.476 e. The summed E-state index contributed by atoms with van der Waals surface area (Å²) >= 11 is 0. The van der Waals surface area contributed by atoms with Gasteiger partial charge in [-0.3, -0.25) is 4.79 Å². The second-order valence-corrected chi connectivity index (χ2v) is 7.04. The first-order chi connectivity index (χ1) is 12.4. The van der Waals surface area contributed by atoms with Crippen LogP contribution in [0.3, 0.4) is 0 Å². The number of likely N-dealkylation sites (tertiary alicyclic amines) is 1. The molecule has 1 saturated heterocycles. The van der Waals surface area contributed by atoms with Gasteiger partial charge in [0.05, 0.1) is 12.2 Å². The van der Waals surface area contributed by atoms with Gasteiger partial charge in [-0.2, -0.15) is 0 Å². The molecule has 0 radical (unpaired) electrons. The fourth-order valence-electron chi connectivity index (χ4n) is 3.38. The van der Waals surface area contributed by atoms with Gasteiger partial charge in [0.15, 0.2) is 5.69 Å². The van der Waals surface area contributed by atoms with E-state index >= 15 is 0 Å². The highest BCUT2D eigenvalue weighted by atomic mass is 16.4. The average Bonchev–Trinajstić information content (AvgIpc) is 3.13. The van der Waals surface area contributed by atoms with Crippen LogP contribution in [0.25, 0.3) is 0 Å². The van der Waals surface area contributed by atoms with Gasteiger partial charge in [0, 0.05) is 19.0 Å². The van der Waals surface area contributed by atoms with E-state index in [-0.39, 0.29) is 23.6 Å². The molecule has 1 unspecified atom stereocenters. The highest BCUT2D eigenvalue weighted by Crippen LogP contribution is 2.23. The molecule has 0 aliphatic carbocycles. The fraction of sp³-hybridized carbons (Fsp3) is 0.474. The third kappa shape index (κ3) is 4.09. The second-order valence-electron chi connectivity index (χ2n) is 7.04. The number of hydrogen-bond donors (Lipinski definition) is 1. The van der Waals surface area contributed by atoms with Gasteiger partial charge >= 0.3 is 5.97 Å². The minimum Gasteiger partial charge on any atom is -0.476 e. The molecule has 3 rings (SSSR count). The number of carboxylic acids is 1. The van der Waals surface area contributed by atoms with Crippen LogP contribution in [-0.2, 0) is 11.2 Å². The number of aromatic nitrogens is 3. The van der Waals surface area contributed by atoms with Gasteiger partial charge < -0.3 is 10.0 Å². The molecule has 0 saturated carbocycles. The lowest BCUT2D eigenvalue weighted by atomic mass is 9.97. The Morgan fingerprint density at radius 2 is 1.88 bits per heavy atom. The van der Waals surface area contributed by atoms with Gasteiger partial charge in [0.2, 0.25) is 5.91 Å². The Balaban J connectivity index is 1.54. The molecular formula is C19H24N4O3. The van der Waals surface area contributed by atoms with E-state index in [0.29, 0.717) is 13.1 Å². The van der Waals surface area contributed by atoms with Crippen LogP contribution in [0.1, 0.15) is 47.4 Å². The number of amides is 1. The molecule has 1 aliphatic heterocycles. The third-order valence-electron chi connectivity index (χ3n) is 4.96. The van der Waals surface area contributed by atoms with Gasteiger partial charge in [-0.15, -0.1) is 5.10 Å². The number of piperidine rings is 1. The van der Waals surface area contributed by atoms with Gasteiger partial charge in [0.1, 0.15) is 0 Å². The summed E-state index contributed by atoms with van der Waals surface area (Å²) in [5, 5.41) is 16.5. The van der Waals surface area contributed by atoms with Crippen molar-refractivity contribution in [3.63, 3.8) is 0 Å². The molecule has 0 bridgehead atoms. The van der Waals surface area contributed by atoms with Gasteiger partial charge in [-0.05, 0) is 31.7 Å². The first-order valence-corrected chi connectivity index (χ1v) is 8.93. The predicted molar refractivity (Wildman–Crippen MR) is 95.9 cm³/mol. The zero-order valence-corrected chi connectivity index (χ0v) is 15.1. The van der Waals surface area contributed by atoms with Crippen LogP contribution in [0.5, 0.6) is 0 Å². The van der Waals surface area contributed by atoms with E-state index < -0.39 is 5.97 Å².